The number of hydrogen-bond acceptors (Lipinski definition) is 4. The molecule has 4 nitrogen and oxygen atoms in total. The van der Waals surface area contributed by atoms with Gasteiger partial charge in [-0.1, -0.05) is 15.9 Å². The highest BCUT2D eigenvalue weighted by Crippen LogP contribution is 2.28. The van der Waals surface area contributed by atoms with E-state index in [2.05, 4.69) is 15.9 Å². The molecule has 1 aliphatic rings. The molecule has 2 rings (SSSR count). The molecule has 1 atom stereocenters. The standard InChI is InChI=1S/C12H17BrN2O2S/c1-15(11-4-5-18(16,17)8-11)12-3-2-10(13)6-9(12)7-14/h2-3,6,11H,4-5,7-8,14H2,1H3. The van der Waals surface area contributed by atoms with Crippen LogP contribution in [0, 0.1) is 0 Å². The lowest BCUT2D eigenvalue weighted by Crippen LogP contribution is -2.33. The molecule has 100 valence electrons. The summed E-state index contributed by atoms with van der Waals surface area (Å²) in [6.07, 6.45) is 0.693. The van der Waals surface area contributed by atoms with E-state index in [4.69, 9.17) is 5.73 Å². The molecular formula is C12H17BrN2O2S. The second-order valence-electron chi connectivity index (χ2n) is 4.64. The average Bonchev–Trinajstić information content (AvgIpc) is 2.68. The van der Waals surface area contributed by atoms with Crippen LogP contribution < -0.4 is 10.6 Å². The molecule has 0 aromatic heterocycles. The van der Waals surface area contributed by atoms with Crippen molar-refractivity contribution in [2.45, 2.75) is 19.0 Å². The number of nitrogens with two attached hydrogens (primary N) is 1. The van der Waals surface area contributed by atoms with Gasteiger partial charge in [0.1, 0.15) is 0 Å². The first-order chi connectivity index (χ1) is 8.43. The van der Waals surface area contributed by atoms with Crippen LogP contribution in [0.1, 0.15) is 12.0 Å². The minimum Gasteiger partial charge on any atom is -0.370 e. The minimum absolute atomic E-state index is 0.0569. The molecule has 0 aliphatic carbocycles. The summed E-state index contributed by atoms with van der Waals surface area (Å²) in [5.74, 6) is 0.528. The molecule has 6 heteroatoms. The monoisotopic (exact) mass is 332 g/mol. The van der Waals surface area contributed by atoms with E-state index in [9.17, 15) is 8.42 Å². The first-order valence-electron chi connectivity index (χ1n) is 5.85. The van der Waals surface area contributed by atoms with Crippen molar-refractivity contribution in [3.05, 3.63) is 28.2 Å². The molecule has 0 radical (unpaired) electrons. The third-order valence-corrected chi connectivity index (χ3v) is 5.64. The molecule has 1 fully saturated rings. The highest BCUT2D eigenvalue weighted by atomic mass is 79.9. The summed E-state index contributed by atoms with van der Waals surface area (Å²) in [4.78, 5) is 2.04. The molecule has 0 amide bonds. The van der Waals surface area contributed by atoms with Crippen LogP contribution in [0.25, 0.3) is 0 Å². The molecule has 1 aromatic rings. The van der Waals surface area contributed by atoms with Crippen LogP contribution in [0.4, 0.5) is 5.69 Å². The highest BCUT2D eigenvalue weighted by molar-refractivity contribution is 9.10. The van der Waals surface area contributed by atoms with Crippen LogP contribution in [0.15, 0.2) is 22.7 Å². The van der Waals surface area contributed by atoms with E-state index in [-0.39, 0.29) is 17.5 Å². The largest absolute Gasteiger partial charge is 0.370 e. The van der Waals surface area contributed by atoms with Crippen molar-refractivity contribution in [3.8, 4) is 0 Å². The number of halogens is 1. The second-order valence-corrected chi connectivity index (χ2v) is 7.79. The molecular weight excluding hydrogens is 316 g/mol. The summed E-state index contributed by atoms with van der Waals surface area (Å²) < 4.78 is 24.0. The number of benzene rings is 1. The quantitative estimate of drug-likeness (QED) is 0.911. The molecule has 1 aromatic carbocycles. The van der Waals surface area contributed by atoms with Crippen LogP contribution >= 0.6 is 15.9 Å². The molecule has 1 heterocycles. The van der Waals surface area contributed by atoms with Crippen molar-refractivity contribution in [3.63, 3.8) is 0 Å². The molecule has 1 saturated heterocycles. The summed E-state index contributed by atoms with van der Waals surface area (Å²) in [6, 6.07) is 5.97. The van der Waals surface area contributed by atoms with Gasteiger partial charge in [0, 0.05) is 29.8 Å². The van der Waals surface area contributed by atoms with Crippen LogP contribution in [-0.4, -0.2) is 33.0 Å². The highest BCUT2D eigenvalue weighted by Gasteiger charge is 2.31. The Morgan fingerprint density at radius 3 is 2.78 bits per heavy atom. The van der Waals surface area contributed by atoms with Gasteiger partial charge < -0.3 is 10.6 Å². The molecule has 1 aliphatic heterocycles. The van der Waals surface area contributed by atoms with E-state index >= 15 is 0 Å². The Bertz CT molecular complexity index is 545. The predicted molar refractivity (Wildman–Crippen MR) is 77.5 cm³/mol. The van der Waals surface area contributed by atoms with Crippen LogP contribution in [0.5, 0.6) is 0 Å². The smallest absolute Gasteiger partial charge is 0.152 e. The van der Waals surface area contributed by atoms with Crippen molar-refractivity contribution < 1.29 is 8.42 Å². The van der Waals surface area contributed by atoms with Gasteiger partial charge in [0.15, 0.2) is 9.84 Å². The Labute approximate surface area is 116 Å². The van der Waals surface area contributed by atoms with E-state index in [0.29, 0.717) is 13.0 Å². The molecule has 0 spiro atoms. The van der Waals surface area contributed by atoms with E-state index in [1.165, 1.54) is 0 Å². The van der Waals surface area contributed by atoms with Gasteiger partial charge >= 0.3 is 0 Å². The zero-order valence-corrected chi connectivity index (χ0v) is 12.7. The SMILES string of the molecule is CN(c1ccc(Br)cc1CN)C1CCS(=O)(=O)C1. The zero-order valence-electron chi connectivity index (χ0n) is 10.3. The number of hydrogen-bond donors (Lipinski definition) is 1. The summed E-state index contributed by atoms with van der Waals surface area (Å²) in [7, 11) is -0.920. The summed E-state index contributed by atoms with van der Waals surface area (Å²) in [5, 5.41) is 0. The Morgan fingerprint density at radius 2 is 2.22 bits per heavy atom. The van der Waals surface area contributed by atoms with Crippen molar-refractivity contribution >= 4 is 31.5 Å². The van der Waals surface area contributed by atoms with Gasteiger partial charge in [0.25, 0.3) is 0 Å². The number of sulfone groups is 1. The maximum absolute atomic E-state index is 11.5. The Balaban J connectivity index is 2.26. The topological polar surface area (TPSA) is 63.4 Å². The van der Waals surface area contributed by atoms with E-state index in [1.54, 1.807) is 0 Å². The molecule has 2 N–H and O–H groups in total. The van der Waals surface area contributed by atoms with Gasteiger partial charge in [-0.2, -0.15) is 0 Å². The zero-order chi connectivity index (χ0) is 13.3. The third kappa shape index (κ3) is 2.87. The van der Waals surface area contributed by atoms with Crippen molar-refractivity contribution in [1.29, 1.82) is 0 Å². The van der Waals surface area contributed by atoms with E-state index in [1.807, 2.05) is 30.1 Å². The number of nitrogens with zero attached hydrogens (tertiary/aromatic N) is 1. The number of rotatable bonds is 3. The second kappa shape index (κ2) is 5.19. The summed E-state index contributed by atoms with van der Waals surface area (Å²) in [6.45, 7) is 0.443. The van der Waals surface area contributed by atoms with Crippen molar-refractivity contribution in [2.24, 2.45) is 5.73 Å². The van der Waals surface area contributed by atoms with Gasteiger partial charge in [-0.3, -0.25) is 0 Å². The summed E-state index contributed by atoms with van der Waals surface area (Å²) in [5.41, 5.74) is 7.78. The lowest BCUT2D eigenvalue weighted by Gasteiger charge is -2.27. The summed E-state index contributed by atoms with van der Waals surface area (Å²) >= 11 is 3.42. The third-order valence-electron chi connectivity index (χ3n) is 3.40. The molecule has 0 bridgehead atoms. The Hall–Kier alpha value is -0.590. The minimum atomic E-state index is -2.86. The molecule has 0 saturated carbocycles. The molecule has 18 heavy (non-hydrogen) atoms. The number of anilines is 1. The van der Waals surface area contributed by atoms with Crippen molar-refractivity contribution in [2.75, 3.05) is 23.5 Å². The fourth-order valence-corrected chi connectivity index (χ4v) is 4.52. The van der Waals surface area contributed by atoms with Crippen LogP contribution in [0.3, 0.4) is 0 Å². The fourth-order valence-electron chi connectivity index (χ4n) is 2.34. The van der Waals surface area contributed by atoms with E-state index in [0.717, 1.165) is 15.7 Å². The van der Waals surface area contributed by atoms with E-state index < -0.39 is 9.84 Å². The lowest BCUT2D eigenvalue weighted by atomic mass is 10.1. The maximum atomic E-state index is 11.5. The Morgan fingerprint density at radius 1 is 1.50 bits per heavy atom. The van der Waals surface area contributed by atoms with Gasteiger partial charge in [-0.05, 0) is 30.2 Å². The van der Waals surface area contributed by atoms with Crippen LogP contribution in [-0.2, 0) is 16.4 Å². The van der Waals surface area contributed by atoms with Gasteiger partial charge in [0.05, 0.1) is 11.5 Å². The first kappa shape index (κ1) is 13.8. The Kier molecular flexibility index (Phi) is 3.99. The van der Waals surface area contributed by atoms with Gasteiger partial charge in [0.2, 0.25) is 0 Å². The van der Waals surface area contributed by atoms with Crippen LogP contribution in [0.2, 0.25) is 0 Å². The molecule has 1 unspecified atom stereocenters. The average molecular weight is 333 g/mol. The maximum Gasteiger partial charge on any atom is 0.152 e. The fraction of sp³-hybridized carbons (Fsp3) is 0.500. The normalized spacial score (nSPS) is 22.1. The predicted octanol–water partition coefficient (Wildman–Crippen LogP) is 1.53. The van der Waals surface area contributed by atoms with Crippen molar-refractivity contribution in [1.82, 2.24) is 0 Å². The lowest BCUT2D eigenvalue weighted by molar-refractivity contribution is 0.601. The van der Waals surface area contributed by atoms with Gasteiger partial charge in [-0.15, -0.1) is 0 Å². The van der Waals surface area contributed by atoms with Gasteiger partial charge in [-0.25, -0.2) is 8.42 Å². The first-order valence-corrected chi connectivity index (χ1v) is 8.46.